The van der Waals surface area contributed by atoms with Gasteiger partial charge in [0.1, 0.15) is 12.2 Å². The molecule has 0 aliphatic heterocycles. The van der Waals surface area contributed by atoms with E-state index in [4.69, 9.17) is 25.1 Å². The van der Waals surface area contributed by atoms with Crippen molar-refractivity contribution in [1.29, 1.82) is 0 Å². The number of aliphatic hydroxyl groups is 4. The first-order valence-corrected chi connectivity index (χ1v) is 5.85. The number of rotatable bonds is 6. The molecule has 90 valence electrons. The minimum absolute atomic E-state index is 0.137. The van der Waals surface area contributed by atoms with Gasteiger partial charge in [-0.05, 0) is 12.5 Å². The highest BCUT2D eigenvalue weighted by Gasteiger charge is 2.22. The highest BCUT2D eigenvalue weighted by atomic mass is 31.2. The summed E-state index contributed by atoms with van der Waals surface area (Å²) in [6.45, 7) is -0.368. The number of hydrogen-bond donors (Lipinski definition) is 6. The minimum Gasteiger partial charge on any atom is -0.396 e. The third-order valence-corrected chi connectivity index (χ3v) is 2.21. The molecule has 0 aromatic rings. The second-order valence-electron chi connectivity index (χ2n) is 2.99. The quantitative estimate of drug-likeness (QED) is 0.300. The summed E-state index contributed by atoms with van der Waals surface area (Å²) in [7, 11) is -4.39. The molecule has 7 nitrogen and oxygen atoms in total. The van der Waals surface area contributed by atoms with E-state index in [1.807, 2.05) is 0 Å². The fraction of sp³-hybridized carbons (Fsp3) is 0.714. The molecule has 0 saturated heterocycles. The Kier molecular flexibility index (Phi) is 6.23. The van der Waals surface area contributed by atoms with Crippen molar-refractivity contribution in [3.63, 3.8) is 0 Å². The Morgan fingerprint density at radius 2 is 1.73 bits per heavy atom. The lowest BCUT2D eigenvalue weighted by atomic mass is 10.1. The van der Waals surface area contributed by atoms with Crippen LogP contribution in [0.4, 0.5) is 0 Å². The van der Waals surface area contributed by atoms with Gasteiger partial charge in [0, 0.05) is 12.4 Å². The van der Waals surface area contributed by atoms with E-state index < -0.39 is 25.9 Å². The summed E-state index contributed by atoms with van der Waals surface area (Å²) in [6, 6.07) is 0. The van der Waals surface area contributed by atoms with E-state index in [9.17, 15) is 9.67 Å². The van der Waals surface area contributed by atoms with E-state index in [-0.39, 0.29) is 13.0 Å². The van der Waals surface area contributed by atoms with Crippen molar-refractivity contribution in [2.75, 3.05) is 6.61 Å². The number of hydrogen-bond acceptors (Lipinski definition) is 5. The van der Waals surface area contributed by atoms with E-state index in [1.54, 1.807) is 0 Å². The molecule has 15 heavy (non-hydrogen) atoms. The van der Waals surface area contributed by atoms with Crippen LogP contribution in [0, 0.1) is 0 Å². The van der Waals surface area contributed by atoms with E-state index in [0.29, 0.717) is 11.9 Å². The van der Waals surface area contributed by atoms with Crippen LogP contribution in [-0.4, -0.2) is 55.1 Å². The standard InChI is InChI=1S/C7H15O7P/c8-3-1-5(9)7(11)6(10)2-4-15(12,13)14/h2,4-11H,1,3H2,(H2,12,13,14)/b4-2+. The molecule has 0 rings (SSSR count). The van der Waals surface area contributed by atoms with Crippen LogP contribution in [0.2, 0.25) is 0 Å². The second kappa shape index (κ2) is 6.34. The van der Waals surface area contributed by atoms with Crippen molar-refractivity contribution in [3.8, 4) is 0 Å². The lowest BCUT2D eigenvalue weighted by Crippen LogP contribution is -2.36. The summed E-state index contributed by atoms with van der Waals surface area (Å²) in [4.78, 5) is 16.8. The number of aliphatic hydroxyl groups excluding tert-OH is 4. The summed E-state index contributed by atoms with van der Waals surface area (Å²) >= 11 is 0. The van der Waals surface area contributed by atoms with Crippen molar-refractivity contribution in [3.05, 3.63) is 11.9 Å². The normalized spacial score (nSPS) is 19.1. The molecular weight excluding hydrogens is 227 g/mol. The zero-order chi connectivity index (χ0) is 12.1. The maximum atomic E-state index is 10.4. The summed E-state index contributed by atoms with van der Waals surface area (Å²) in [5.41, 5.74) is 0. The van der Waals surface area contributed by atoms with Crippen LogP contribution in [-0.2, 0) is 4.57 Å². The van der Waals surface area contributed by atoms with Crippen molar-refractivity contribution >= 4 is 7.60 Å². The molecule has 0 heterocycles. The van der Waals surface area contributed by atoms with E-state index >= 15 is 0 Å². The first kappa shape index (κ1) is 14.7. The van der Waals surface area contributed by atoms with Crippen molar-refractivity contribution in [1.82, 2.24) is 0 Å². The molecule has 0 radical (unpaired) electrons. The Labute approximate surface area is 86.5 Å². The fourth-order valence-corrected chi connectivity index (χ4v) is 1.25. The molecule has 0 spiro atoms. The van der Waals surface area contributed by atoms with Crippen molar-refractivity contribution in [2.24, 2.45) is 0 Å². The Bertz CT molecular complexity index is 248. The van der Waals surface area contributed by atoms with Gasteiger partial charge in [-0.25, -0.2) is 0 Å². The summed E-state index contributed by atoms with van der Waals surface area (Å²) in [6.07, 6.45) is -3.99. The summed E-state index contributed by atoms with van der Waals surface area (Å²) < 4.78 is 10.4. The maximum absolute atomic E-state index is 10.4. The predicted octanol–water partition coefficient (Wildman–Crippen LogP) is -1.86. The topological polar surface area (TPSA) is 138 Å². The molecule has 0 aromatic heterocycles. The molecule has 8 heteroatoms. The lowest BCUT2D eigenvalue weighted by Gasteiger charge is -2.19. The van der Waals surface area contributed by atoms with E-state index in [0.717, 1.165) is 0 Å². The molecule has 6 N–H and O–H groups in total. The van der Waals surface area contributed by atoms with Gasteiger partial charge in [0.15, 0.2) is 0 Å². The Morgan fingerprint density at radius 3 is 2.13 bits per heavy atom. The van der Waals surface area contributed by atoms with Crippen LogP contribution < -0.4 is 0 Å². The zero-order valence-corrected chi connectivity index (χ0v) is 8.73. The highest BCUT2D eigenvalue weighted by Crippen LogP contribution is 2.36. The highest BCUT2D eigenvalue weighted by molar-refractivity contribution is 7.55. The third-order valence-electron chi connectivity index (χ3n) is 1.65. The van der Waals surface area contributed by atoms with Gasteiger partial charge >= 0.3 is 7.60 Å². The molecule has 0 saturated carbocycles. The Hall–Kier alpha value is -0.270. The van der Waals surface area contributed by atoms with Gasteiger partial charge in [0.25, 0.3) is 0 Å². The SMILES string of the molecule is O=P(O)(O)/C=C/C(O)C(O)C(O)CCO. The predicted molar refractivity (Wildman–Crippen MR) is 50.9 cm³/mol. The maximum Gasteiger partial charge on any atom is 0.348 e. The van der Waals surface area contributed by atoms with E-state index in [1.165, 1.54) is 0 Å². The van der Waals surface area contributed by atoms with Gasteiger partial charge in [-0.3, -0.25) is 4.57 Å². The van der Waals surface area contributed by atoms with Gasteiger partial charge in [-0.1, -0.05) is 0 Å². The van der Waals surface area contributed by atoms with Gasteiger partial charge in [0.2, 0.25) is 0 Å². The second-order valence-corrected chi connectivity index (χ2v) is 4.47. The summed E-state index contributed by atoms with van der Waals surface area (Å²) in [5, 5.41) is 35.9. The van der Waals surface area contributed by atoms with Gasteiger partial charge < -0.3 is 30.2 Å². The monoisotopic (exact) mass is 242 g/mol. The van der Waals surface area contributed by atoms with E-state index in [2.05, 4.69) is 0 Å². The fourth-order valence-electron chi connectivity index (χ4n) is 0.845. The molecule has 3 atom stereocenters. The average molecular weight is 242 g/mol. The third kappa shape index (κ3) is 6.75. The van der Waals surface area contributed by atoms with Crippen LogP contribution in [0.5, 0.6) is 0 Å². The van der Waals surface area contributed by atoms with Crippen LogP contribution in [0.3, 0.4) is 0 Å². The van der Waals surface area contributed by atoms with Crippen molar-refractivity contribution < 1.29 is 34.8 Å². The first-order valence-electron chi connectivity index (χ1n) is 4.17. The van der Waals surface area contributed by atoms with Crippen LogP contribution in [0.1, 0.15) is 6.42 Å². The zero-order valence-electron chi connectivity index (χ0n) is 7.84. The van der Waals surface area contributed by atoms with Crippen LogP contribution >= 0.6 is 7.60 Å². The lowest BCUT2D eigenvalue weighted by molar-refractivity contribution is -0.0488. The molecule has 3 unspecified atom stereocenters. The van der Waals surface area contributed by atoms with Gasteiger partial charge in [0.05, 0.1) is 6.10 Å². The van der Waals surface area contributed by atoms with Crippen LogP contribution in [0.15, 0.2) is 11.9 Å². The largest absolute Gasteiger partial charge is 0.396 e. The molecule has 0 aromatic carbocycles. The molecular formula is C7H15O7P. The first-order chi connectivity index (χ1) is 6.78. The average Bonchev–Trinajstić information content (AvgIpc) is 2.12. The smallest absolute Gasteiger partial charge is 0.348 e. The van der Waals surface area contributed by atoms with Gasteiger partial charge in [-0.15, -0.1) is 0 Å². The molecule has 0 aliphatic carbocycles. The molecule has 0 aliphatic rings. The van der Waals surface area contributed by atoms with Crippen LogP contribution in [0.25, 0.3) is 0 Å². The van der Waals surface area contributed by atoms with Crippen molar-refractivity contribution in [2.45, 2.75) is 24.7 Å². The molecule has 0 bridgehead atoms. The Morgan fingerprint density at radius 1 is 1.20 bits per heavy atom. The minimum atomic E-state index is -4.39. The Balaban J connectivity index is 4.26. The molecule has 0 fully saturated rings. The molecule has 0 amide bonds. The van der Waals surface area contributed by atoms with Gasteiger partial charge in [-0.2, -0.15) is 0 Å². The summed E-state index contributed by atoms with van der Waals surface area (Å²) in [5.74, 6) is 0.437.